The molecule has 1 saturated heterocycles. The zero-order chi connectivity index (χ0) is 10.3. The molecule has 1 heterocycles. The standard InChI is InChI=1S/C8H15FN2O2S/c9-7-5-11(4-3-8(7)10)14(12,13)6-1-2-6/h6-8H,1-5,10H2/t7-,8-/m1/s1. The quantitative estimate of drug-likeness (QED) is 0.706. The summed E-state index contributed by atoms with van der Waals surface area (Å²) < 4.78 is 37.9. The van der Waals surface area contributed by atoms with Crippen LogP contribution >= 0.6 is 0 Å². The molecule has 2 fully saturated rings. The number of sulfonamides is 1. The predicted molar refractivity (Wildman–Crippen MR) is 51.0 cm³/mol. The fourth-order valence-corrected chi connectivity index (χ4v) is 3.57. The smallest absolute Gasteiger partial charge is 0.217 e. The van der Waals surface area contributed by atoms with Gasteiger partial charge >= 0.3 is 0 Å². The average Bonchev–Trinajstić information content (AvgIpc) is 2.92. The molecule has 0 amide bonds. The average molecular weight is 222 g/mol. The second-order valence-electron chi connectivity index (χ2n) is 4.07. The van der Waals surface area contributed by atoms with Gasteiger partial charge in [-0.1, -0.05) is 0 Å². The first-order valence-corrected chi connectivity index (χ1v) is 6.41. The molecule has 2 aliphatic rings. The van der Waals surface area contributed by atoms with Crippen molar-refractivity contribution < 1.29 is 12.8 Å². The Bertz CT molecular complexity index is 315. The highest BCUT2D eigenvalue weighted by atomic mass is 32.2. The van der Waals surface area contributed by atoms with Gasteiger partial charge in [0.05, 0.1) is 5.25 Å². The van der Waals surface area contributed by atoms with E-state index in [0.29, 0.717) is 13.0 Å². The summed E-state index contributed by atoms with van der Waals surface area (Å²) in [6.07, 6.45) is 0.661. The number of halogens is 1. The van der Waals surface area contributed by atoms with E-state index in [1.54, 1.807) is 0 Å². The lowest BCUT2D eigenvalue weighted by atomic mass is 10.1. The Hall–Kier alpha value is -0.200. The van der Waals surface area contributed by atoms with Crippen molar-refractivity contribution in [3.8, 4) is 0 Å². The van der Waals surface area contributed by atoms with Crippen LogP contribution in [0, 0.1) is 0 Å². The van der Waals surface area contributed by atoms with Crippen LogP contribution in [0.3, 0.4) is 0 Å². The van der Waals surface area contributed by atoms with Crippen molar-refractivity contribution in [1.82, 2.24) is 4.31 Å². The summed E-state index contributed by atoms with van der Waals surface area (Å²) in [5, 5.41) is -0.246. The highest BCUT2D eigenvalue weighted by Crippen LogP contribution is 2.32. The molecule has 0 spiro atoms. The van der Waals surface area contributed by atoms with Gasteiger partial charge in [0.1, 0.15) is 6.17 Å². The largest absolute Gasteiger partial charge is 0.325 e. The van der Waals surface area contributed by atoms with Crippen molar-refractivity contribution in [2.24, 2.45) is 5.73 Å². The third kappa shape index (κ3) is 1.78. The van der Waals surface area contributed by atoms with Crippen molar-refractivity contribution in [1.29, 1.82) is 0 Å². The van der Waals surface area contributed by atoms with Crippen LogP contribution in [-0.2, 0) is 10.0 Å². The molecule has 4 nitrogen and oxygen atoms in total. The van der Waals surface area contributed by atoms with Gasteiger partial charge in [0.25, 0.3) is 0 Å². The normalized spacial score (nSPS) is 35.9. The number of rotatable bonds is 2. The predicted octanol–water partition coefficient (Wildman–Crippen LogP) is -0.150. The maximum Gasteiger partial charge on any atom is 0.217 e. The van der Waals surface area contributed by atoms with Gasteiger partial charge in [-0.3, -0.25) is 0 Å². The van der Waals surface area contributed by atoms with Crippen LogP contribution in [-0.4, -0.2) is 43.3 Å². The Labute approximate surface area is 83.3 Å². The fraction of sp³-hybridized carbons (Fsp3) is 1.00. The monoisotopic (exact) mass is 222 g/mol. The summed E-state index contributed by atoms with van der Waals surface area (Å²) in [5.74, 6) is 0. The molecule has 2 atom stereocenters. The summed E-state index contributed by atoms with van der Waals surface area (Å²) in [6, 6.07) is -0.499. The van der Waals surface area contributed by atoms with E-state index in [0.717, 1.165) is 12.8 Å². The van der Waals surface area contributed by atoms with E-state index in [1.807, 2.05) is 0 Å². The van der Waals surface area contributed by atoms with Gasteiger partial charge in [-0.2, -0.15) is 4.31 Å². The van der Waals surface area contributed by atoms with E-state index in [-0.39, 0.29) is 11.8 Å². The Morgan fingerprint density at radius 1 is 1.29 bits per heavy atom. The molecule has 2 rings (SSSR count). The summed E-state index contributed by atoms with van der Waals surface area (Å²) in [4.78, 5) is 0. The molecule has 0 bridgehead atoms. The molecule has 6 heteroatoms. The molecular weight excluding hydrogens is 207 g/mol. The van der Waals surface area contributed by atoms with Crippen LogP contribution < -0.4 is 5.73 Å². The van der Waals surface area contributed by atoms with E-state index in [2.05, 4.69) is 0 Å². The first-order valence-electron chi connectivity index (χ1n) is 4.90. The van der Waals surface area contributed by atoms with Crippen molar-refractivity contribution >= 4 is 10.0 Å². The highest BCUT2D eigenvalue weighted by Gasteiger charge is 2.42. The zero-order valence-electron chi connectivity index (χ0n) is 7.89. The molecule has 82 valence electrons. The SMILES string of the molecule is N[C@@H]1CCN(S(=O)(=O)C2CC2)C[C@H]1F. The van der Waals surface area contributed by atoms with Gasteiger partial charge in [0, 0.05) is 19.1 Å². The van der Waals surface area contributed by atoms with Gasteiger partial charge in [-0.25, -0.2) is 12.8 Å². The number of hydrogen-bond acceptors (Lipinski definition) is 3. The summed E-state index contributed by atoms with van der Waals surface area (Å²) in [7, 11) is -3.21. The molecule has 0 aromatic carbocycles. The van der Waals surface area contributed by atoms with E-state index in [9.17, 15) is 12.8 Å². The van der Waals surface area contributed by atoms with Crippen molar-refractivity contribution in [2.45, 2.75) is 36.7 Å². The van der Waals surface area contributed by atoms with Crippen molar-refractivity contribution in [3.05, 3.63) is 0 Å². The third-order valence-electron chi connectivity index (χ3n) is 2.86. The molecule has 1 saturated carbocycles. The first-order chi connectivity index (χ1) is 6.51. The van der Waals surface area contributed by atoms with Crippen LogP contribution in [0.2, 0.25) is 0 Å². The van der Waals surface area contributed by atoms with Crippen LogP contribution in [0.1, 0.15) is 19.3 Å². The minimum atomic E-state index is -3.21. The lowest BCUT2D eigenvalue weighted by molar-refractivity contribution is 0.176. The van der Waals surface area contributed by atoms with Gasteiger partial charge in [0.2, 0.25) is 10.0 Å². The molecule has 1 aliphatic carbocycles. The first kappa shape index (κ1) is 10.3. The molecular formula is C8H15FN2O2S. The van der Waals surface area contributed by atoms with Crippen molar-refractivity contribution in [2.75, 3.05) is 13.1 Å². The van der Waals surface area contributed by atoms with E-state index >= 15 is 0 Å². The van der Waals surface area contributed by atoms with Crippen molar-refractivity contribution in [3.63, 3.8) is 0 Å². The van der Waals surface area contributed by atoms with Crippen LogP contribution in [0.4, 0.5) is 4.39 Å². The third-order valence-corrected chi connectivity index (χ3v) is 5.23. The summed E-state index contributed by atoms with van der Waals surface area (Å²) in [6.45, 7) is 0.320. The molecule has 1 aliphatic heterocycles. The molecule has 0 aromatic rings. The van der Waals surface area contributed by atoms with E-state index < -0.39 is 22.2 Å². The maximum absolute atomic E-state index is 13.2. The van der Waals surface area contributed by atoms with Gasteiger partial charge in [-0.05, 0) is 19.3 Å². The second-order valence-corrected chi connectivity index (χ2v) is 6.28. The number of alkyl halides is 1. The van der Waals surface area contributed by atoms with E-state index in [1.165, 1.54) is 4.31 Å². The zero-order valence-corrected chi connectivity index (χ0v) is 8.71. The van der Waals surface area contributed by atoms with Crippen LogP contribution in [0.25, 0.3) is 0 Å². The number of piperidine rings is 1. The minimum absolute atomic E-state index is 0.0556. The van der Waals surface area contributed by atoms with Gasteiger partial charge in [0.15, 0.2) is 0 Å². The van der Waals surface area contributed by atoms with Crippen LogP contribution in [0.5, 0.6) is 0 Å². The number of hydrogen-bond donors (Lipinski definition) is 1. The second kappa shape index (κ2) is 3.43. The van der Waals surface area contributed by atoms with Gasteiger partial charge in [-0.15, -0.1) is 0 Å². The van der Waals surface area contributed by atoms with Gasteiger partial charge < -0.3 is 5.73 Å². The number of nitrogens with zero attached hydrogens (tertiary/aromatic N) is 1. The molecule has 0 radical (unpaired) electrons. The molecule has 0 aromatic heterocycles. The highest BCUT2D eigenvalue weighted by molar-refractivity contribution is 7.90. The maximum atomic E-state index is 13.2. The number of nitrogens with two attached hydrogens (primary N) is 1. The Morgan fingerprint density at radius 3 is 2.43 bits per heavy atom. The topological polar surface area (TPSA) is 63.4 Å². The minimum Gasteiger partial charge on any atom is -0.325 e. The molecule has 0 unspecified atom stereocenters. The Balaban J connectivity index is 2.05. The lowest BCUT2D eigenvalue weighted by Crippen LogP contribution is -2.51. The summed E-state index contributed by atoms with van der Waals surface area (Å²) in [5.41, 5.74) is 5.48. The summed E-state index contributed by atoms with van der Waals surface area (Å²) >= 11 is 0. The Kier molecular flexibility index (Phi) is 2.53. The molecule has 2 N–H and O–H groups in total. The van der Waals surface area contributed by atoms with E-state index in [4.69, 9.17) is 5.73 Å². The molecule has 14 heavy (non-hydrogen) atoms. The lowest BCUT2D eigenvalue weighted by Gasteiger charge is -2.31. The fourth-order valence-electron chi connectivity index (χ4n) is 1.70. The van der Waals surface area contributed by atoms with Crippen LogP contribution in [0.15, 0.2) is 0 Å². The Morgan fingerprint density at radius 2 is 1.93 bits per heavy atom.